The van der Waals surface area contributed by atoms with Crippen LogP contribution in [0.3, 0.4) is 0 Å². The fourth-order valence-electron chi connectivity index (χ4n) is 3.38. The second-order valence-corrected chi connectivity index (χ2v) is 7.02. The first-order chi connectivity index (χ1) is 14.9. The van der Waals surface area contributed by atoms with Gasteiger partial charge in [-0.15, -0.1) is 5.10 Å². The molecule has 0 aliphatic heterocycles. The summed E-state index contributed by atoms with van der Waals surface area (Å²) < 4.78 is 9.88. The third-order valence-corrected chi connectivity index (χ3v) is 4.96. The van der Waals surface area contributed by atoms with Gasteiger partial charge in [0.1, 0.15) is 12.4 Å². The Kier molecular flexibility index (Phi) is 5.36. The molecule has 0 saturated carbocycles. The van der Waals surface area contributed by atoms with E-state index in [1.807, 2.05) is 20.8 Å². The number of hydrogen-bond donors (Lipinski definition) is 1. The van der Waals surface area contributed by atoms with Crippen molar-refractivity contribution in [3.8, 4) is 0 Å². The van der Waals surface area contributed by atoms with Crippen molar-refractivity contribution in [2.75, 3.05) is 0 Å². The van der Waals surface area contributed by atoms with E-state index < -0.39 is 17.2 Å². The van der Waals surface area contributed by atoms with E-state index >= 15 is 0 Å². The number of ether oxygens (including phenoxy) is 1. The summed E-state index contributed by atoms with van der Waals surface area (Å²) in [7, 11) is 0. The summed E-state index contributed by atoms with van der Waals surface area (Å²) in [6, 6.07) is 1.75. The molecule has 12 heteroatoms. The van der Waals surface area contributed by atoms with Gasteiger partial charge in [-0.1, -0.05) is 13.3 Å². The number of aryl methyl sites for hydroxylation is 3. The molecule has 31 heavy (non-hydrogen) atoms. The third kappa shape index (κ3) is 3.60. The monoisotopic (exact) mass is 426 g/mol. The molecule has 0 amide bonds. The Morgan fingerprint density at radius 3 is 2.71 bits per heavy atom. The lowest BCUT2D eigenvalue weighted by molar-refractivity contribution is 0.0444. The third-order valence-electron chi connectivity index (χ3n) is 4.96. The van der Waals surface area contributed by atoms with Gasteiger partial charge in [0.05, 0.1) is 0 Å². The summed E-state index contributed by atoms with van der Waals surface area (Å²) in [5, 5.41) is 4.12. The highest BCUT2D eigenvalue weighted by molar-refractivity contribution is 5.85. The minimum Gasteiger partial charge on any atom is -0.452 e. The second kappa shape index (κ2) is 8.13. The van der Waals surface area contributed by atoms with E-state index in [1.165, 1.54) is 9.08 Å². The van der Waals surface area contributed by atoms with Gasteiger partial charge in [0.15, 0.2) is 11.2 Å². The second-order valence-electron chi connectivity index (χ2n) is 7.02. The van der Waals surface area contributed by atoms with Crippen LogP contribution in [-0.4, -0.2) is 44.7 Å². The van der Waals surface area contributed by atoms with Crippen LogP contribution in [-0.2, 0) is 24.4 Å². The van der Waals surface area contributed by atoms with E-state index in [2.05, 4.69) is 25.0 Å². The zero-order valence-electron chi connectivity index (χ0n) is 17.5. The highest BCUT2D eigenvalue weighted by Gasteiger charge is 2.21. The number of aromatic nitrogens is 8. The highest BCUT2D eigenvalue weighted by atomic mass is 16.5. The Morgan fingerprint density at radius 2 is 2.00 bits per heavy atom. The van der Waals surface area contributed by atoms with Gasteiger partial charge in [-0.25, -0.2) is 24.1 Å². The van der Waals surface area contributed by atoms with Crippen LogP contribution in [0.15, 0.2) is 21.9 Å². The molecule has 0 radical (unpaired) electrons. The lowest BCUT2D eigenvalue weighted by Gasteiger charge is -2.06. The fourth-order valence-corrected chi connectivity index (χ4v) is 3.38. The van der Waals surface area contributed by atoms with Gasteiger partial charge in [0, 0.05) is 25.0 Å². The van der Waals surface area contributed by atoms with Crippen molar-refractivity contribution in [1.29, 1.82) is 0 Å². The van der Waals surface area contributed by atoms with Crippen molar-refractivity contribution >= 4 is 22.9 Å². The number of H-pyrrole nitrogens is 1. The maximum absolute atomic E-state index is 12.5. The number of carbonyl (C=O) groups is 1. The first-order valence-electron chi connectivity index (χ1n) is 10.0. The van der Waals surface area contributed by atoms with Gasteiger partial charge in [0.25, 0.3) is 17.2 Å². The van der Waals surface area contributed by atoms with Crippen molar-refractivity contribution in [2.24, 2.45) is 0 Å². The molecule has 0 aromatic carbocycles. The van der Waals surface area contributed by atoms with Crippen LogP contribution in [0.4, 0.5) is 0 Å². The van der Waals surface area contributed by atoms with Crippen molar-refractivity contribution < 1.29 is 9.53 Å². The molecule has 0 spiro atoms. The Balaban J connectivity index is 1.66. The Labute approximate surface area is 175 Å². The molecule has 0 saturated heterocycles. The van der Waals surface area contributed by atoms with Crippen LogP contribution in [0.25, 0.3) is 16.9 Å². The SMILES string of the molecule is CCCCn1c(=O)[nH]c(=O)c2c1nc(COC(=O)c1nc3nccc(C)n3n1)n2CC. The van der Waals surface area contributed by atoms with Crippen molar-refractivity contribution in [3.05, 3.63) is 50.4 Å². The predicted molar refractivity (Wildman–Crippen MR) is 110 cm³/mol. The van der Waals surface area contributed by atoms with Crippen LogP contribution in [0.1, 0.15) is 48.8 Å². The Bertz CT molecular complexity index is 1390. The molecule has 0 bridgehead atoms. The number of fused-ring (bicyclic) bond motifs is 2. The zero-order chi connectivity index (χ0) is 22.1. The lowest BCUT2D eigenvalue weighted by atomic mass is 10.3. The number of hydrogen-bond acceptors (Lipinski definition) is 8. The lowest BCUT2D eigenvalue weighted by Crippen LogP contribution is -2.31. The van der Waals surface area contributed by atoms with Gasteiger partial charge < -0.3 is 9.30 Å². The molecule has 4 aromatic heterocycles. The highest BCUT2D eigenvalue weighted by Crippen LogP contribution is 2.14. The maximum Gasteiger partial charge on any atom is 0.378 e. The predicted octanol–water partition coefficient (Wildman–Crippen LogP) is 0.809. The van der Waals surface area contributed by atoms with Gasteiger partial charge >= 0.3 is 11.7 Å². The van der Waals surface area contributed by atoms with Crippen LogP contribution in [0.2, 0.25) is 0 Å². The molecule has 0 fully saturated rings. The van der Waals surface area contributed by atoms with Crippen LogP contribution >= 0.6 is 0 Å². The van der Waals surface area contributed by atoms with Crippen molar-refractivity contribution in [2.45, 2.75) is 53.3 Å². The summed E-state index contributed by atoms with van der Waals surface area (Å²) in [4.78, 5) is 52.2. The summed E-state index contributed by atoms with van der Waals surface area (Å²) >= 11 is 0. The van der Waals surface area contributed by atoms with E-state index in [0.29, 0.717) is 24.7 Å². The number of aromatic amines is 1. The average Bonchev–Trinajstić information content (AvgIpc) is 3.34. The number of unbranched alkanes of at least 4 members (excludes halogenated alkanes) is 1. The van der Waals surface area contributed by atoms with Gasteiger partial charge in [0.2, 0.25) is 0 Å². The number of carbonyl (C=O) groups excluding carboxylic acids is 1. The topological polar surface area (TPSA) is 142 Å². The first kappa shape index (κ1) is 20.4. The van der Waals surface area contributed by atoms with Crippen LogP contribution < -0.4 is 11.2 Å². The number of nitrogens with zero attached hydrogens (tertiary/aromatic N) is 7. The summed E-state index contributed by atoms with van der Waals surface area (Å²) in [6.07, 6.45) is 3.22. The molecular weight excluding hydrogens is 404 g/mol. The largest absolute Gasteiger partial charge is 0.452 e. The summed E-state index contributed by atoms with van der Waals surface area (Å²) in [5.41, 5.74) is 0.291. The first-order valence-corrected chi connectivity index (χ1v) is 10.0. The standard InChI is InChI=1S/C19H22N8O4/c1-4-6-9-26-15-13(16(28)23-19(26)30)25(5-2)12(21-15)10-31-17(29)14-22-18-20-8-7-11(3)27(18)24-14/h7-8H,4-6,9-10H2,1-3H3,(H,23,28,30). The molecule has 12 nitrogen and oxygen atoms in total. The van der Waals surface area contributed by atoms with Crippen molar-refractivity contribution in [1.82, 2.24) is 38.7 Å². The van der Waals surface area contributed by atoms with Crippen molar-refractivity contribution in [3.63, 3.8) is 0 Å². The quantitative estimate of drug-likeness (QED) is 0.428. The number of imidazole rings is 1. The molecule has 0 unspecified atom stereocenters. The smallest absolute Gasteiger partial charge is 0.378 e. The van der Waals surface area contributed by atoms with E-state index in [-0.39, 0.29) is 23.6 Å². The molecule has 4 rings (SSSR count). The van der Waals surface area contributed by atoms with Crippen LogP contribution in [0, 0.1) is 6.92 Å². The maximum atomic E-state index is 12.5. The summed E-state index contributed by atoms with van der Waals surface area (Å²) in [6.45, 7) is 6.30. The molecule has 0 atom stereocenters. The number of nitrogens with one attached hydrogen (secondary N) is 1. The van der Waals surface area contributed by atoms with E-state index in [4.69, 9.17) is 4.74 Å². The number of esters is 1. The summed E-state index contributed by atoms with van der Waals surface area (Å²) in [5.74, 6) is -0.222. The molecule has 0 aliphatic rings. The number of rotatable bonds is 7. The van der Waals surface area contributed by atoms with E-state index in [0.717, 1.165) is 18.5 Å². The van der Waals surface area contributed by atoms with E-state index in [9.17, 15) is 14.4 Å². The molecular formula is C19H22N8O4. The molecule has 162 valence electrons. The molecule has 4 heterocycles. The van der Waals surface area contributed by atoms with E-state index in [1.54, 1.807) is 16.8 Å². The van der Waals surface area contributed by atoms with Gasteiger partial charge in [-0.05, 0) is 26.3 Å². The minimum absolute atomic E-state index is 0.126. The molecule has 0 aliphatic carbocycles. The zero-order valence-corrected chi connectivity index (χ0v) is 17.5. The Hall–Kier alpha value is -3.83. The Morgan fingerprint density at radius 1 is 1.19 bits per heavy atom. The molecule has 1 N–H and O–H groups in total. The average molecular weight is 426 g/mol. The fraction of sp³-hybridized carbons (Fsp3) is 0.421. The van der Waals surface area contributed by atoms with Crippen LogP contribution in [0.5, 0.6) is 0 Å². The minimum atomic E-state index is -0.739. The van der Waals surface area contributed by atoms with Gasteiger partial charge in [-0.2, -0.15) is 4.98 Å². The molecule has 4 aromatic rings. The van der Waals surface area contributed by atoms with Gasteiger partial charge in [-0.3, -0.25) is 14.3 Å². The normalized spacial score (nSPS) is 11.5.